The Morgan fingerprint density at radius 2 is 1.85 bits per heavy atom. The van der Waals surface area contributed by atoms with Gasteiger partial charge in [0.25, 0.3) is 0 Å². The third-order valence-corrected chi connectivity index (χ3v) is 2.76. The Morgan fingerprint density at radius 1 is 1.15 bits per heavy atom. The number of rotatable bonds is 8. The average molecular weight is 229 g/mol. The van der Waals surface area contributed by atoms with Gasteiger partial charge in [0, 0.05) is 23.9 Å². The minimum atomic E-state index is -3.29. The van der Waals surface area contributed by atoms with Gasteiger partial charge in [-0.25, -0.2) is 8.42 Å². The molecule has 0 rings (SSSR count). The molecule has 0 unspecified atom stereocenters. The summed E-state index contributed by atoms with van der Waals surface area (Å²) in [4.78, 5) is 0. The van der Waals surface area contributed by atoms with E-state index >= 15 is 0 Å². The van der Waals surface area contributed by atoms with E-state index in [2.05, 4.69) is 6.92 Å². The fourth-order valence-electron chi connectivity index (χ4n) is 0.902. The molecule has 5 heteroatoms. The Morgan fingerprint density at radius 3 is 2.38 bits per heavy atom. The quantitative estimate of drug-likeness (QED) is 0.472. The first-order valence-corrected chi connectivity index (χ1v) is 7.04. The van der Waals surface area contributed by atoms with E-state index in [0.29, 0.717) is 6.42 Å². The monoisotopic (exact) mass is 228 g/mol. The molecule has 0 aliphatic rings. The van der Waals surface area contributed by atoms with Crippen LogP contribution in [0.5, 0.6) is 0 Å². The van der Waals surface area contributed by atoms with Crippen molar-refractivity contribution in [3.63, 3.8) is 0 Å². The SMILES string of the molecule is CCCOCCCCCS(=O)(=O)Cl. The third-order valence-electron chi connectivity index (χ3n) is 1.53. The van der Waals surface area contributed by atoms with E-state index in [9.17, 15) is 8.42 Å². The van der Waals surface area contributed by atoms with Gasteiger partial charge in [0.2, 0.25) is 9.05 Å². The van der Waals surface area contributed by atoms with Crippen molar-refractivity contribution in [1.82, 2.24) is 0 Å². The van der Waals surface area contributed by atoms with Gasteiger partial charge in [-0.2, -0.15) is 0 Å². The zero-order valence-corrected chi connectivity index (χ0v) is 9.53. The van der Waals surface area contributed by atoms with Crippen molar-refractivity contribution in [1.29, 1.82) is 0 Å². The maximum Gasteiger partial charge on any atom is 0.232 e. The van der Waals surface area contributed by atoms with Crippen molar-refractivity contribution in [3.05, 3.63) is 0 Å². The van der Waals surface area contributed by atoms with Gasteiger partial charge in [0.1, 0.15) is 0 Å². The Labute approximate surface area is 84.8 Å². The predicted octanol–water partition coefficient (Wildman–Crippen LogP) is 2.15. The van der Waals surface area contributed by atoms with Crippen molar-refractivity contribution < 1.29 is 13.2 Å². The molecule has 0 aliphatic heterocycles. The molecule has 3 nitrogen and oxygen atoms in total. The van der Waals surface area contributed by atoms with Gasteiger partial charge in [0.05, 0.1) is 5.75 Å². The van der Waals surface area contributed by atoms with Gasteiger partial charge in [-0.1, -0.05) is 13.3 Å². The summed E-state index contributed by atoms with van der Waals surface area (Å²) >= 11 is 0. The van der Waals surface area contributed by atoms with Crippen molar-refractivity contribution in [2.75, 3.05) is 19.0 Å². The zero-order chi connectivity index (χ0) is 10.2. The normalized spacial score (nSPS) is 11.8. The largest absolute Gasteiger partial charge is 0.381 e. The lowest BCUT2D eigenvalue weighted by Gasteiger charge is -2.01. The second-order valence-corrected chi connectivity index (χ2v) is 5.81. The van der Waals surface area contributed by atoms with Crippen LogP contribution in [0.1, 0.15) is 32.6 Å². The zero-order valence-electron chi connectivity index (χ0n) is 7.96. The highest BCUT2D eigenvalue weighted by molar-refractivity contribution is 8.13. The van der Waals surface area contributed by atoms with Gasteiger partial charge in [-0.05, 0) is 19.3 Å². The maximum absolute atomic E-state index is 10.5. The average Bonchev–Trinajstić information content (AvgIpc) is 2.01. The van der Waals surface area contributed by atoms with Gasteiger partial charge in [-0.15, -0.1) is 0 Å². The van der Waals surface area contributed by atoms with Crippen LogP contribution in [0.2, 0.25) is 0 Å². The third kappa shape index (κ3) is 12.2. The minimum Gasteiger partial charge on any atom is -0.381 e. The minimum absolute atomic E-state index is 0.0718. The fraction of sp³-hybridized carbons (Fsp3) is 1.00. The van der Waals surface area contributed by atoms with Crippen LogP contribution in [-0.4, -0.2) is 27.4 Å². The van der Waals surface area contributed by atoms with E-state index in [1.165, 1.54) is 0 Å². The van der Waals surface area contributed by atoms with Crippen LogP contribution < -0.4 is 0 Å². The molecule has 0 saturated heterocycles. The molecule has 0 atom stereocenters. The summed E-state index contributed by atoms with van der Waals surface area (Å²) in [6, 6.07) is 0. The Bertz CT molecular complexity index is 201. The fourth-order valence-corrected chi connectivity index (χ4v) is 1.78. The lowest BCUT2D eigenvalue weighted by Crippen LogP contribution is -1.99. The number of hydrogen-bond acceptors (Lipinski definition) is 3. The summed E-state index contributed by atoms with van der Waals surface area (Å²) in [6.45, 7) is 3.56. The molecule has 0 amide bonds. The van der Waals surface area contributed by atoms with E-state index in [0.717, 1.165) is 32.5 Å². The van der Waals surface area contributed by atoms with E-state index in [1.807, 2.05) is 0 Å². The van der Waals surface area contributed by atoms with Crippen molar-refractivity contribution in [2.24, 2.45) is 0 Å². The molecule has 0 aromatic heterocycles. The van der Waals surface area contributed by atoms with E-state index in [-0.39, 0.29) is 5.75 Å². The van der Waals surface area contributed by atoms with E-state index in [1.54, 1.807) is 0 Å². The predicted molar refractivity (Wildman–Crippen MR) is 54.6 cm³/mol. The lowest BCUT2D eigenvalue weighted by molar-refractivity contribution is 0.131. The molecular weight excluding hydrogens is 212 g/mol. The molecule has 0 spiro atoms. The van der Waals surface area contributed by atoms with Crippen LogP contribution in [0, 0.1) is 0 Å². The first-order valence-electron chi connectivity index (χ1n) is 4.56. The van der Waals surface area contributed by atoms with Crippen LogP contribution >= 0.6 is 10.7 Å². The second kappa shape index (κ2) is 7.59. The molecule has 0 heterocycles. The van der Waals surface area contributed by atoms with E-state index < -0.39 is 9.05 Å². The van der Waals surface area contributed by atoms with Crippen LogP contribution in [0.15, 0.2) is 0 Å². The Balaban J connectivity index is 3.09. The molecule has 0 aromatic carbocycles. The topological polar surface area (TPSA) is 43.4 Å². The van der Waals surface area contributed by atoms with Gasteiger partial charge < -0.3 is 4.74 Å². The molecule has 0 saturated carbocycles. The summed E-state index contributed by atoms with van der Waals surface area (Å²) < 4.78 is 26.2. The van der Waals surface area contributed by atoms with E-state index in [4.69, 9.17) is 15.4 Å². The number of halogens is 1. The van der Waals surface area contributed by atoms with Gasteiger partial charge in [0.15, 0.2) is 0 Å². The van der Waals surface area contributed by atoms with Crippen LogP contribution in [-0.2, 0) is 13.8 Å². The van der Waals surface area contributed by atoms with Crippen molar-refractivity contribution >= 4 is 19.7 Å². The second-order valence-electron chi connectivity index (χ2n) is 2.92. The molecule has 0 N–H and O–H groups in total. The first-order chi connectivity index (χ1) is 6.06. The van der Waals surface area contributed by atoms with Crippen LogP contribution in [0.25, 0.3) is 0 Å². The maximum atomic E-state index is 10.5. The van der Waals surface area contributed by atoms with Crippen LogP contribution in [0.3, 0.4) is 0 Å². The standard InChI is InChI=1S/C8H17ClO3S/c1-2-6-12-7-4-3-5-8-13(9,10)11/h2-8H2,1H3. The highest BCUT2D eigenvalue weighted by Gasteiger charge is 2.03. The summed E-state index contributed by atoms with van der Waals surface area (Å²) in [6.07, 6.45) is 3.42. The summed E-state index contributed by atoms with van der Waals surface area (Å²) in [5.74, 6) is 0.0718. The van der Waals surface area contributed by atoms with Crippen molar-refractivity contribution in [3.8, 4) is 0 Å². The Hall–Kier alpha value is 0.200. The van der Waals surface area contributed by atoms with Crippen LogP contribution in [0.4, 0.5) is 0 Å². The molecule has 0 radical (unpaired) electrons. The molecule has 0 bridgehead atoms. The number of ether oxygens (including phenoxy) is 1. The summed E-state index contributed by atoms with van der Waals surface area (Å²) in [7, 11) is 1.75. The Kier molecular flexibility index (Phi) is 7.71. The highest BCUT2D eigenvalue weighted by Crippen LogP contribution is 2.03. The summed E-state index contributed by atoms with van der Waals surface area (Å²) in [5, 5.41) is 0. The lowest BCUT2D eigenvalue weighted by atomic mass is 10.3. The molecule has 0 aliphatic carbocycles. The van der Waals surface area contributed by atoms with Gasteiger partial charge in [-0.3, -0.25) is 0 Å². The molecule has 0 fully saturated rings. The molecular formula is C8H17ClO3S. The molecule has 13 heavy (non-hydrogen) atoms. The van der Waals surface area contributed by atoms with Gasteiger partial charge >= 0.3 is 0 Å². The molecule has 80 valence electrons. The smallest absolute Gasteiger partial charge is 0.232 e. The van der Waals surface area contributed by atoms with Crippen molar-refractivity contribution in [2.45, 2.75) is 32.6 Å². The molecule has 0 aromatic rings. The number of unbranched alkanes of at least 4 members (excludes halogenated alkanes) is 2. The number of hydrogen-bond donors (Lipinski definition) is 0. The highest BCUT2D eigenvalue weighted by atomic mass is 35.7. The first kappa shape index (κ1) is 13.2. The summed E-state index contributed by atoms with van der Waals surface area (Å²) in [5.41, 5.74) is 0.